The van der Waals surface area contributed by atoms with Gasteiger partial charge in [-0.2, -0.15) is 13.2 Å². The van der Waals surface area contributed by atoms with E-state index in [4.69, 9.17) is 0 Å². The van der Waals surface area contributed by atoms with Gasteiger partial charge in [-0.15, -0.1) is 0 Å². The quantitative estimate of drug-likeness (QED) is 0.412. The van der Waals surface area contributed by atoms with Crippen LogP contribution in [0.4, 0.5) is 33.3 Å². The summed E-state index contributed by atoms with van der Waals surface area (Å²) in [6.45, 7) is 0.592. The molecule has 1 aliphatic heterocycles. The predicted molar refractivity (Wildman–Crippen MR) is 104 cm³/mol. The average molecular weight is 403 g/mol. The largest absolute Gasteiger partial charge is 0.416 e. The lowest BCUT2D eigenvalue weighted by atomic mass is 9.95. The number of fused-ring (bicyclic) bond motifs is 1. The Bertz CT molecular complexity index is 1030. The van der Waals surface area contributed by atoms with Gasteiger partial charge >= 0.3 is 6.18 Å². The maximum atomic E-state index is 13.1. The molecule has 3 aromatic carbocycles. The van der Waals surface area contributed by atoms with Crippen LogP contribution in [-0.2, 0) is 12.6 Å². The normalized spacial score (nSPS) is 14.2. The van der Waals surface area contributed by atoms with Gasteiger partial charge in [-0.25, -0.2) is 8.78 Å². The minimum atomic E-state index is -4.41. The minimum Gasteiger partial charge on any atom is -0.341 e. The number of benzene rings is 3. The Hall–Kier alpha value is -2.89. The Morgan fingerprint density at radius 1 is 0.828 bits per heavy atom. The summed E-state index contributed by atoms with van der Waals surface area (Å²) in [5.74, 6) is 0. The molecule has 0 aliphatic carbocycles. The Labute approximate surface area is 165 Å². The first-order valence-electron chi connectivity index (χ1n) is 9.29. The molecule has 29 heavy (non-hydrogen) atoms. The third-order valence-corrected chi connectivity index (χ3v) is 5.16. The molecule has 0 N–H and O–H groups in total. The number of nitrogens with zero attached hydrogens (tertiary/aromatic N) is 1. The van der Waals surface area contributed by atoms with Crippen LogP contribution in [0.15, 0.2) is 66.7 Å². The zero-order valence-corrected chi connectivity index (χ0v) is 15.4. The van der Waals surface area contributed by atoms with E-state index in [1.165, 1.54) is 18.2 Å². The Morgan fingerprint density at radius 2 is 1.59 bits per heavy atom. The molecule has 0 radical (unpaired) electrons. The topological polar surface area (TPSA) is 3.24 Å². The number of hydrogen-bond acceptors (Lipinski definition) is 1. The van der Waals surface area contributed by atoms with E-state index in [2.05, 4.69) is 0 Å². The van der Waals surface area contributed by atoms with E-state index in [1.807, 2.05) is 23.1 Å². The van der Waals surface area contributed by atoms with Crippen molar-refractivity contribution in [1.82, 2.24) is 0 Å². The van der Waals surface area contributed by atoms with Crippen molar-refractivity contribution in [2.24, 2.45) is 0 Å². The number of hydrogen-bond donors (Lipinski definition) is 0. The molecular weight excluding hydrogens is 385 g/mol. The van der Waals surface area contributed by atoms with Crippen molar-refractivity contribution in [3.8, 4) is 11.1 Å². The maximum absolute atomic E-state index is 13.1. The highest BCUT2D eigenvalue weighted by Crippen LogP contribution is 2.39. The van der Waals surface area contributed by atoms with Crippen molar-refractivity contribution in [3.63, 3.8) is 0 Å². The van der Waals surface area contributed by atoms with Crippen LogP contribution in [0.25, 0.3) is 11.1 Å². The summed E-state index contributed by atoms with van der Waals surface area (Å²) in [6.07, 6.45) is -5.33. The summed E-state index contributed by atoms with van der Waals surface area (Å²) in [7, 11) is 0. The second-order valence-electron chi connectivity index (χ2n) is 7.07. The van der Waals surface area contributed by atoms with Gasteiger partial charge in [0.25, 0.3) is 6.43 Å². The molecule has 0 saturated heterocycles. The fourth-order valence-electron chi connectivity index (χ4n) is 3.73. The molecular formula is C23H18F5N. The molecule has 0 saturated carbocycles. The molecule has 3 aromatic rings. The second-order valence-corrected chi connectivity index (χ2v) is 7.07. The van der Waals surface area contributed by atoms with Crippen molar-refractivity contribution >= 4 is 11.4 Å². The zero-order chi connectivity index (χ0) is 20.6. The predicted octanol–water partition coefficient (Wildman–Crippen LogP) is 7.39. The highest BCUT2D eigenvalue weighted by atomic mass is 19.4. The molecule has 1 aliphatic rings. The van der Waals surface area contributed by atoms with Crippen LogP contribution in [0, 0.1) is 0 Å². The van der Waals surface area contributed by atoms with Gasteiger partial charge in [0.2, 0.25) is 0 Å². The fraction of sp³-hybridized carbons (Fsp3) is 0.217. The summed E-state index contributed by atoms with van der Waals surface area (Å²) < 4.78 is 65.5. The molecule has 0 atom stereocenters. The van der Waals surface area contributed by atoms with E-state index < -0.39 is 18.2 Å². The third-order valence-electron chi connectivity index (χ3n) is 5.16. The van der Waals surface area contributed by atoms with E-state index in [9.17, 15) is 22.0 Å². The Morgan fingerprint density at radius 3 is 2.34 bits per heavy atom. The number of anilines is 2. The molecule has 6 heteroatoms. The van der Waals surface area contributed by atoms with E-state index in [-0.39, 0.29) is 5.56 Å². The van der Waals surface area contributed by atoms with Crippen molar-refractivity contribution in [2.75, 3.05) is 11.4 Å². The van der Waals surface area contributed by atoms with Crippen LogP contribution in [0.3, 0.4) is 0 Å². The van der Waals surface area contributed by atoms with Gasteiger partial charge in [-0.3, -0.25) is 0 Å². The van der Waals surface area contributed by atoms with Crippen LogP contribution in [0.5, 0.6) is 0 Å². The molecule has 0 amide bonds. The monoisotopic (exact) mass is 403 g/mol. The van der Waals surface area contributed by atoms with Crippen LogP contribution >= 0.6 is 0 Å². The second kappa shape index (κ2) is 7.50. The van der Waals surface area contributed by atoms with E-state index >= 15 is 0 Å². The first-order valence-corrected chi connectivity index (χ1v) is 9.29. The smallest absolute Gasteiger partial charge is 0.341 e. The number of alkyl halides is 5. The van der Waals surface area contributed by atoms with Gasteiger partial charge in [0.15, 0.2) is 0 Å². The molecule has 0 unspecified atom stereocenters. The van der Waals surface area contributed by atoms with E-state index in [0.29, 0.717) is 17.8 Å². The Kier molecular flexibility index (Phi) is 5.03. The van der Waals surface area contributed by atoms with E-state index in [0.717, 1.165) is 41.8 Å². The van der Waals surface area contributed by atoms with Gasteiger partial charge in [-0.05, 0) is 59.9 Å². The summed E-state index contributed by atoms with van der Waals surface area (Å²) >= 11 is 0. The van der Waals surface area contributed by atoms with Crippen molar-refractivity contribution < 1.29 is 22.0 Å². The molecule has 0 aromatic heterocycles. The summed E-state index contributed by atoms with van der Waals surface area (Å²) in [5, 5.41) is 0. The fourth-order valence-corrected chi connectivity index (χ4v) is 3.73. The summed E-state index contributed by atoms with van der Waals surface area (Å²) in [5.41, 5.74) is 2.97. The lowest BCUT2D eigenvalue weighted by Gasteiger charge is -2.32. The third kappa shape index (κ3) is 3.97. The van der Waals surface area contributed by atoms with Crippen molar-refractivity contribution in [1.29, 1.82) is 0 Å². The zero-order valence-electron chi connectivity index (χ0n) is 15.4. The van der Waals surface area contributed by atoms with Crippen molar-refractivity contribution in [2.45, 2.75) is 25.4 Å². The lowest BCUT2D eigenvalue weighted by molar-refractivity contribution is -0.137. The number of rotatable bonds is 3. The molecule has 150 valence electrons. The molecule has 0 fully saturated rings. The first kappa shape index (κ1) is 19.4. The summed E-state index contributed by atoms with van der Waals surface area (Å²) in [4.78, 5) is 1.87. The highest BCUT2D eigenvalue weighted by Gasteiger charge is 2.31. The van der Waals surface area contributed by atoms with Crippen LogP contribution in [0.2, 0.25) is 0 Å². The van der Waals surface area contributed by atoms with Gasteiger partial charge in [0.05, 0.1) is 5.56 Å². The van der Waals surface area contributed by atoms with Gasteiger partial charge < -0.3 is 4.90 Å². The molecule has 0 spiro atoms. The van der Waals surface area contributed by atoms with E-state index in [1.54, 1.807) is 18.2 Å². The first-order chi connectivity index (χ1) is 13.8. The maximum Gasteiger partial charge on any atom is 0.416 e. The highest BCUT2D eigenvalue weighted by molar-refractivity contribution is 5.76. The van der Waals surface area contributed by atoms with Gasteiger partial charge in [0, 0.05) is 23.5 Å². The molecule has 1 nitrogen and oxygen atoms in total. The SMILES string of the molecule is FC(F)c1cccc(-c2ccc3c(c2)N(c2cccc(C(F)(F)F)c2)CCC3)c1. The number of aryl methyl sites for hydroxylation is 1. The molecule has 0 bridgehead atoms. The molecule has 1 heterocycles. The van der Waals surface area contributed by atoms with Gasteiger partial charge in [0.1, 0.15) is 0 Å². The molecule has 4 rings (SSSR count). The number of halogens is 5. The average Bonchev–Trinajstić information content (AvgIpc) is 2.72. The minimum absolute atomic E-state index is 0.0602. The van der Waals surface area contributed by atoms with Crippen molar-refractivity contribution in [3.05, 3.63) is 83.4 Å². The van der Waals surface area contributed by atoms with Gasteiger partial charge in [-0.1, -0.05) is 36.4 Å². The summed E-state index contributed by atoms with van der Waals surface area (Å²) in [6, 6.07) is 17.1. The Balaban J connectivity index is 1.76. The van der Waals surface area contributed by atoms with Crippen LogP contribution in [0.1, 0.15) is 29.5 Å². The lowest BCUT2D eigenvalue weighted by Crippen LogP contribution is -2.24. The standard InChI is InChI=1S/C23H18F5N/c24-22(25)18-5-1-4-16(12-18)17-10-9-15-6-3-11-29(21(15)13-17)20-8-2-7-19(14-20)23(26,27)28/h1-2,4-5,7-10,12-14,22H,3,6,11H2. The van der Waals surface area contributed by atoms with Crippen LogP contribution in [-0.4, -0.2) is 6.54 Å². The van der Waals surface area contributed by atoms with Crippen LogP contribution < -0.4 is 4.90 Å².